The van der Waals surface area contributed by atoms with Gasteiger partial charge in [0.2, 0.25) is 0 Å². The van der Waals surface area contributed by atoms with Crippen molar-refractivity contribution >= 4 is 65.0 Å². The molecule has 0 fully saturated rings. The smallest absolute Gasteiger partial charge is 0.135 e. The van der Waals surface area contributed by atoms with Gasteiger partial charge in [-0.25, -0.2) is 0 Å². The average Bonchev–Trinajstić information content (AvgIpc) is 3.72. The lowest BCUT2D eigenvalue weighted by atomic mass is 9.80. The summed E-state index contributed by atoms with van der Waals surface area (Å²) >= 11 is 0. The number of benzene rings is 10. The monoisotopic (exact) mass is 712 g/mol. The molecule has 0 bridgehead atoms. The first kappa shape index (κ1) is 31.4. The molecule has 1 aliphatic rings. The minimum atomic E-state index is -0.179. The first-order valence-electron chi connectivity index (χ1n) is 19.6. The van der Waals surface area contributed by atoms with E-state index in [4.69, 9.17) is 4.42 Å². The molecule has 56 heavy (non-hydrogen) atoms. The Morgan fingerprint density at radius 1 is 0.357 bits per heavy atom. The molecule has 10 aromatic carbocycles. The fourth-order valence-electron chi connectivity index (χ4n) is 9.99. The quantitative estimate of drug-likeness (QED) is 0.166. The summed E-state index contributed by atoms with van der Waals surface area (Å²) in [5, 5.41) is 12.5. The van der Waals surface area contributed by atoms with Gasteiger partial charge in [-0.05, 0) is 141 Å². The van der Waals surface area contributed by atoms with Gasteiger partial charge in [-0.3, -0.25) is 0 Å². The Bertz CT molecular complexity index is 3390. The Kier molecular flexibility index (Phi) is 6.46. The summed E-state index contributed by atoms with van der Waals surface area (Å²) in [6.07, 6.45) is 0. The molecular weight excluding hydrogens is 677 g/mol. The number of rotatable bonds is 3. The van der Waals surface area contributed by atoms with Gasteiger partial charge in [0.25, 0.3) is 0 Å². The number of fused-ring (bicyclic) bond motifs is 11. The predicted molar refractivity (Wildman–Crippen MR) is 238 cm³/mol. The largest absolute Gasteiger partial charge is 0.456 e. The maximum atomic E-state index is 6.60. The highest BCUT2D eigenvalue weighted by Crippen LogP contribution is 2.54. The highest BCUT2D eigenvalue weighted by Gasteiger charge is 2.38. The summed E-state index contributed by atoms with van der Waals surface area (Å²) < 4.78 is 6.60. The summed E-state index contributed by atoms with van der Waals surface area (Å²) in [5.74, 6) is 0. The Hall–Kier alpha value is -6.96. The summed E-state index contributed by atoms with van der Waals surface area (Å²) in [5.41, 5.74) is 14.4. The number of furan rings is 1. The normalized spacial score (nSPS) is 13.3. The van der Waals surface area contributed by atoms with E-state index in [2.05, 4.69) is 196 Å². The standard InChI is InChI=1S/C55H36O/c1-55(2)48-32-37-15-6-5-14-36(37)30-46(48)45-25-27-50-53(54(45)55)47-31-38(24-26-49(47)56-50)35-16-11-17-39(29-35)51-41-18-7-9-20-43(41)52(44-21-10-8-19-42(44)51)40-23-22-33-12-3-4-13-34(33)28-40/h3-32H,1-2H3. The second kappa shape index (κ2) is 11.5. The zero-order chi connectivity index (χ0) is 37.1. The topological polar surface area (TPSA) is 13.1 Å². The maximum Gasteiger partial charge on any atom is 0.135 e. The van der Waals surface area contributed by atoms with E-state index < -0.39 is 0 Å². The summed E-state index contributed by atoms with van der Waals surface area (Å²) in [6, 6.07) is 67.1. The highest BCUT2D eigenvalue weighted by atomic mass is 16.3. The van der Waals surface area contributed by atoms with Gasteiger partial charge in [0.1, 0.15) is 11.2 Å². The lowest BCUT2D eigenvalue weighted by Crippen LogP contribution is -2.15. The van der Waals surface area contributed by atoms with Crippen molar-refractivity contribution in [3.63, 3.8) is 0 Å². The van der Waals surface area contributed by atoms with Crippen LogP contribution in [0.1, 0.15) is 25.0 Å². The van der Waals surface area contributed by atoms with Crippen molar-refractivity contribution in [1.82, 2.24) is 0 Å². The van der Waals surface area contributed by atoms with E-state index in [1.165, 1.54) is 109 Å². The van der Waals surface area contributed by atoms with E-state index in [1.54, 1.807) is 0 Å². The second-order valence-electron chi connectivity index (χ2n) is 16.0. The van der Waals surface area contributed by atoms with E-state index >= 15 is 0 Å². The van der Waals surface area contributed by atoms with E-state index in [-0.39, 0.29) is 5.41 Å². The van der Waals surface area contributed by atoms with Gasteiger partial charge in [-0.1, -0.05) is 153 Å². The SMILES string of the molecule is CC1(C)c2cc3ccccc3cc2-c2ccc3oc4ccc(-c5cccc(-c6c7ccccc7c(-c7ccc8ccccc8c7)c7ccccc67)c5)cc4c3c21. The van der Waals surface area contributed by atoms with Gasteiger partial charge in [0.15, 0.2) is 0 Å². The third-order valence-electron chi connectivity index (χ3n) is 12.6. The van der Waals surface area contributed by atoms with E-state index in [0.717, 1.165) is 11.2 Å². The van der Waals surface area contributed by atoms with Crippen LogP contribution in [0.5, 0.6) is 0 Å². The van der Waals surface area contributed by atoms with Gasteiger partial charge in [0.05, 0.1) is 0 Å². The molecule has 12 rings (SSSR count). The molecule has 1 heteroatoms. The molecule has 0 amide bonds. The van der Waals surface area contributed by atoms with Gasteiger partial charge in [-0.2, -0.15) is 0 Å². The molecule has 0 spiro atoms. The van der Waals surface area contributed by atoms with Gasteiger partial charge in [-0.15, -0.1) is 0 Å². The van der Waals surface area contributed by atoms with Crippen molar-refractivity contribution in [2.45, 2.75) is 19.3 Å². The van der Waals surface area contributed by atoms with Crippen molar-refractivity contribution in [3.8, 4) is 44.5 Å². The van der Waals surface area contributed by atoms with Crippen LogP contribution in [0.4, 0.5) is 0 Å². The molecule has 0 N–H and O–H groups in total. The average molecular weight is 713 g/mol. The first-order valence-corrected chi connectivity index (χ1v) is 19.6. The van der Waals surface area contributed by atoms with Crippen LogP contribution in [-0.4, -0.2) is 0 Å². The minimum Gasteiger partial charge on any atom is -0.456 e. The van der Waals surface area contributed by atoms with Crippen LogP contribution in [0.15, 0.2) is 186 Å². The molecule has 262 valence electrons. The number of hydrogen-bond donors (Lipinski definition) is 0. The Morgan fingerprint density at radius 2 is 0.893 bits per heavy atom. The molecule has 0 atom stereocenters. The lowest BCUT2D eigenvalue weighted by Gasteiger charge is -2.22. The van der Waals surface area contributed by atoms with Crippen molar-refractivity contribution in [2.24, 2.45) is 0 Å². The van der Waals surface area contributed by atoms with E-state index in [0.29, 0.717) is 0 Å². The Labute approximate surface area is 325 Å². The molecule has 1 nitrogen and oxygen atoms in total. The fraction of sp³-hybridized carbons (Fsp3) is 0.0545. The van der Waals surface area contributed by atoms with Crippen molar-refractivity contribution in [2.75, 3.05) is 0 Å². The van der Waals surface area contributed by atoms with Gasteiger partial charge >= 0.3 is 0 Å². The summed E-state index contributed by atoms with van der Waals surface area (Å²) in [7, 11) is 0. The molecule has 0 saturated carbocycles. The van der Waals surface area contributed by atoms with Crippen LogP contribution < -0.4 is 0 Å². The van der Waals surface area contributed by atoms with Crippen LogP contribution in [0.3, 0.4) is 0 Å². The van der Waals surface area contributed by atoms with Crippen molar-refractivity contribution in [3.05, 3.63) is 193 Å². The molecule has 1 heterocycles. The molecule has 1 aromatic heterocycles. The van der Waals surface area contributed by atoms with Crippen LogP contribution in [0.2, 0.25) is 0 Å². The maximum absolute atomic E-state index is 6.60. The van der Waals surface area contributed by atoms with Gasteiger partial charge in [0, 0.05) is 16.2 Å². The van der Waals surface area contributed by atoms with E-state index in [1.807, 2.05) is 0 Å². The third-order valence-corrected chi connectivity index (χ3v) is 12.6. The molecule has 11 aromatic rings. The molecule has 0 saturated heterocycles. The fourth-order valence-corrected chi connectivity index (χ4v) is 9.99. The van der Waals surface area contributed by atoms with Crippen LogP contribution >= 0.6 is 0 Å². The predicted octanol–water partition coefficient (Wildman–Crippen LogP) is 15.5. The zero-order valence-corrected chi connectivity index (χ0v) is 31.2. The Balaban J connectivity index is 1.04. The van der Waals surface area contributed by atoms with Crippen molar-refractivity contribution in [1.29, 1.82) is 0 Å². The highest BCUT2D eigenvalue weighted by molar-refractivity contribution is 6.22. The second-order valence-corrected chi connectivity index (χ2v) is 16.0. The molecule has 0 unspecified atom stereocenters. The molecule has 1 aliphatic carbocycles. The zero-order valence-electron chi connectivity index (χ0n) is 31.2. The van der Waals surface area contributed by atoms with E-state index in [9.17, 15) is 0 Å². The van der Waals surface area contributed by atoms with Crippen LogP contribution in [0.25, 0.3) is 110 Å². The van der Waals surface area contributed by atoms with Crippen molar-refractivity contribution < 1.29 is 4.42 Å². The first-order chi connectivity index (χ1) is 27.5. The summed E-state index contributed by atoms with van der Waals surface area (Å²) in [6.45, 7) is 4.75. The molecule has 0 aliphatic heterocycles. The van der Waals surface area contributed by atoms with Crippen LogP contribution in [0, 0.1) is 0 Å². The Morgan fingerprint density at radius 3 is 1.59 bits per heavy atom. The molecule has 0 radical (unpaired) electrons. The van der Waals surface area contributed by atoms with Crippen LogP contribution in [-0.2, 0) is 5.41 Å². The third kappa shape index (κ3) is 4.43. The minimum absolute atomic E-state index is 0.179. The summed E-state index contributed by atoms with van der Waals surface area (Å²) in [4.78, 5) is 0. The molecular formula is C55H36O. The van der Waals surface area contributed by atoms with Gasteiger partial charge < -0.3 is 4.42 Å². The lowest BCUT2D eigenvalue weighted by molar-refractivity contribution is 0.657. The number of hydrogen-bond acceptors (Lipinski definition) is 1.